The van der Waals surface area contributed by atoms with Gasteiger partial charge in [-0.15, -0.1) is 0 Å². The van der Waals surface area contributed by atoms with Gasteiger partial charge in [-0.1, -0.05) is 105 Å². The van der Waals surface area contributed by atoms with Crippen molar-refractivity contribution in [3.63, 3.8) is 0 Å². The maximum atomic E-state index is 12.6. The Morgan fingerprint density at radius 1 is 0.921 bits per heavy atom. The molecule has 0 heterocycles. The molecule has 38 heavy (non-hydrogen) atoms. The highest BCUT2D eigenvalue weighted by Crippen LogP contribution is 2.67. The van der Waals surface area contributed by atoms with Crippen molar-refractivity contribution in [1.82, 2.24) is 0 Å². The third-order valence-electron chi connectivity index (χ3n) is 12.3. The number of hydrogen-bond donors (Lipinski definition) is 0. The quantitative estimate of drug-likeness (QED) is 0.135. The van der Waals surface area contributed by atoms with E-state index in [0.29, 0.717) is 17.3 Å². The van der Waals surface area contributed by atoms with Crippen LogP contribution in [-0.4, -0.2) is 12.1 Å². The van der Waals surface area contributed by atoms with Crippen molar-refractivity contribution in [1.29, 1.82) is 0 Å². The number of fused-ring (bicyclic) bond motifs is 5. The van der Waals surface area contributed by atoms with Crippen LogP contribution in [0.1, 0.15) is 157 Å². The van der Waals surface area contributed by atoms with Crippen LogP contribution < -0.4 is 0 Å². The van der Waals surface area contributed by atoms with Crippen molar-refractivity contribution in [3.05, 3.63) is 11.6 Å². The average molecular weight is 527 g/mol. The van der Waals surface area contributed by atoms with E-state index in [1.54, 1.807) is 5.57 Å². The van der Waals surface area contributed by atoms with Gasteiger partial charge in [-0.2, -0.15) is 0 Å². The average Bonchev–Trinajstić information content (AvgIpc) is 3.23. The Labute approximate surface area is 236 Å². The van der Waals surface area contributed by atoms with Gasteiger partial charge >= 0.3 is 5.97 Å². The SMILES string of the molecule is CCCCCCCCC(=O)OC1CC[C@@]2(C)C(=CCC3C2CC[C@@]2(C)C3CC[C@@H]2[C@H](C)CCCC(C)C)C1. The summed E-state index contributed by atoms with van der Waals surface area (Å²) in [5.41, 5.74) is 2.54. The minimum absolute atomic E-state index is 0.0522. The van der Waals surface area contributed by atoms with Crippen LogP contribution in [0.4, 0.5) is 0 Å². The second kappa shape index (κ2) is 13.2. The molecule has 2 nitrogen and oxygen atoms in total. The number of rotatable bonds is 13. The van der Waals surface area contributed by atoms with E-state index in [4.69, 9.17) is 4.74 Å². The monoisotopic (exact) mass is 526 g/mol. The molecule has 218 valence electrons. The third-order valence-corrected chi connectivity index (χ3v) is 12.3. The summed E-state index contributed by atoms with van der Waals surface area (Å²) < 4.78 is 6.04. The van der Waals surface area contributed by atoms with Crippen LogP contribution in [0, 0.1) is 46.3 Å². The van der Waals surface area contributed by atoms with E-state index in [2.05, 4.69) is 47.6 Å². The summed E-state index contributed by atoms with van der Waals surface area (Å²) >= 11 is 0. The van der Waals surface area contributed by atoms with E-state index in [9.17, 15) is 4.79 Å². The molecule has 4 aliphatic rings. The maximum absolute atomic E-state index is 12.6. The molecule has 0 aromatic heterocycles. The molecule has 4 unspecified atom stereocenters. The molecule has 0 saturated heterocycles. The van der Waals surface area contributed by atoms with Crippen molar-refractivity contribution in [2.45, 2.75) is 163 Å². The summed E-state index contributed by atoms with van der Waals surface area (Å²) in [6.45, 7) is 14.9. The van der Waals surface area contributed by atoms with E-state index in [1.165, 1.54) is 89.9 Å². The molecule has 2 heteroatoms. The molecular formula is C36H62O2. The smallest absolute Gasteiger partial charge is 0.306 e. The summed E-state index contributed by atoms with van der Waals surface area (Å²) in [5, 5.41) is 0. The fraction of sp³-hybridized carbons (Fsp3) is 0.917. The Kier molecular flexibility index (Phi) is 10.5. The van der Waals surface area contributed by atoms with Crippen LogP contribution in [-0.2, 0) is 9.53 Å². The van der Waals surface area contributed by atoms with Gasteiger partial charge in [-0.3, -0.25) is 4.79 Å². The Morgan fingerprint density at radius 2 is 1.68 bits per heavy atom. The summed E-state index contributed by atoms with van der Waals surface area (Å²) in [5.74, 6) is 5.34. The number of unbranched alkanes of at least 4 members (excludes halogenated alkanes) is 5. The van der Waals surface area contributed by atoms with Crippen LogP contribution >= 0.6 is 0 Å². The second-order valence-corrected chi connectivity index (χ2v) is 15.2. The fourth-order valence-corrected chi connectivity index (χ4v) is 10.0. The zero-order valence-corrected chi connectivity index (χ0v) is 26.2. The molecular weight excluding hydrogens is 464 g/mol. The first-order valence-corrected chi connectivity index (χ1v) is 17.1. The van der Waals surface area contributed by atoms with E-state index in [-0.39, 0.29) is 12.1 Å². The molecule has 0 aromatic rings. The Bertz CT molecular complexity index is 797. The van der Waals surface area contributed by atoms with Gasteiger partial charge in [0, 0.05) is 12.8 Å². The third kappa shape index (κ3) is 6.57. The van der Waals surface area contributed by atoms with Crippen LogP contribution in [0.2, 0.25) is 0 Å². The van der Waals surface area contributed by atoms with Gasteiger partial charge in [0.25, 0.3) is 0 Å². The number of carbonyl (C=O) groups excluding carboxylic acids is 1. The molecule has 3 fully saturated rings. The van der Waals surface area contributed by atoms with Crippen molar-refractivity contribution in [2.24, 2.45) is 46.3 Å². The first-order valence-electron chi connectivity index (χ1n) is 17.1. The second-order valence-electron chi connectivity index (χ2n) is 15.2. The van der Waals surface area contributed by atoms with Gasteiger partial charge in [0.05, 0.1) is 0 Å². The highest BCUT2D eigenvalue weighted by atomic mass is 16.5. The topological polar surface area (TPSA) is 26.3 Å². The summed E-state index contributed by atoms with van der Waals surface area (Å²) in [6, 6.07) is 0. The standard InChI is InChI=1S/C36H62O2/c1-7-8-9-10-11-12-16-34(37)38-29-21-23-35(5)28(25-29)17-18-30-32-20-19-31(27(4)15-13-14-26(2)3)36(32,6)24-22-33(30)35/h17,26-27,29-33H,7-16,18-25H2,1-6H3/t27-,29?,30?,31-,32?,33?,35+,36-/m1/s1. The highest BCUT2D eigenvalue weighted by Gasteiger charge is 2.59. The number of hydrogen-bond acceptors (Lipinski definition) is 2. The van der Waals surface area contributed by atoms with Crippen LogP contribution in [0.15, 0.2) is 11.6 Å². The number of ether oxygens (including phenoxy) is 1. The summed E-state index contributed by atoms with van der Waals surface area (Å²) in [7, 11) is 0. The van der Waals surface area contributed by atoms with Crippen molar-refractivity contribution in [2.75, 3.05) is 0 Å². The zero-order valence-electron chi connectivity index (χ0n) is 26.2. The lowest BCUT2D eigenvalue weighted by Crippen LogP contribution is -2.51. The lowest BCUT2D eigenvalue weighted by Gasteiger charge is -2.58. The predicted octanol–water partition coefficient (Wildman–Crippen LogP) is 10.7. The van der Waals surface area contributed by atoms with Crippen molar-refractivity contribution < 1.29 is 9.53 Å². The molecule has 4 rings (SSSR count). The molecule has 4 aliphatic carbocycles. The minimum Gasteiger partial charge on any atom is -0.462 e. The molecule has 0 spiro atoms. The lowest BCUT2D eigenvalue weighted by molar-refractivity contribution is -0.151. The van der Waals surface area contributed by atoms with E-state index >= 15 is 0 Å². The molecule has 8 atom stereocenters. The molecule has 0 bridgehead atoms. The van der Waals surface area contributed by atoms with Crippen molar-refractivity contribution in [3.8, 4) is 0 Å². The Hall–Kier alpha value is -0.790. The molecule has 0 amide bonds. The van der Waals surface area contributed by atoms with Crippen LogP contribution in [0.25, 0.3) is 0 Å². The molecule has 0 radical (unpaired) electrons. The Balaban J connectivity index is 1.31. The van der Waals surface area contributed by atoms with Gasteiger partial charge in [0.15, 0.2) is 0 Å². The van der Waals surface area contributed by atoms with Gasteiger partial charge in [-0.05, 0) is 97.7 Å². The van der Waals surface area contributed by atoms with E-state index < -0.39 is 0 Å². The molecule has 3 saturated carbocycles. The summed E-state index contributed by atoms with van der Waals surface area (Å²) in [4.78, 5) is 12.6. The lowest BCUT2D eigenvalue weighted by atomic mass is 9.47. The van der Waals surface area contributed by atoms with Crippen LogP contribution in [0.3, 0.4) is 0 Å². The zero-order chi connectivity index (χ0) is 27.3. The maximum Gasteiger partial charge on any atom is 0.306 e. The van der Waals surface area contributed by atoms with Gasteiger partial charge < -0.3 is 4.74 Å². The normalized spacial score (nSPS) is 37.2. The first-order chi connectivity index (χ1) is 18.2. The van der Waals surface area contributed by atoms with E-state index in [0.717, 1.165) is 54.8 Å². The minimum atomic E-state index is 0.0522. The number of esters is 1. The predicted molar refractivity (Wildman–Crippen MR) is 161 cm³/mol. The van der Waals surface area contributed by atoms with Crippen molar-refractivity contribution >= 4 is 5.97 Å². The molecule has 0 aromatic carbocycles. The number of carbonyl (C=O) groups is 1. The Morgan fingerprint density at radius 3 is 2.45 bits per heavy atom. The van der Waals surface area contributed by atoms with Gasteiger partial charge in [-0.25, -0.2) is 0 Å². The molecule has 0 aliphatic heterocycles. The van der Waals surface area contributed by atoms with E-state index in [1.807, 2.05) is 0 Å². The van der Waals surface area contributed by atoms with Crippen LogP contribution in [0.5, 0.6) is 0 Å². The molecule has 0 N–H and O–H groups in total. The summed E-state index contributed by atoms with van der Waals surface area (Å²) in [6.07, 6.45) is 25.3. The fourth-order valence-electron chi connectivity index (χ4n) is 10.0. The largest absolute Gasteiger partial charge is 0.462 e. The number of allylic oxidation sites excluding steroid dienone is 1. The van der Waals surface area contributed by atoms with Gasteiger partial charge in [0.1, 0.15) is 6.10 Å². The first kappa shape index (κ1) is 30.2. The van der Waals surface area contributed by atoms with Gasteiger partial charge in [0.2, 0.25) is 0 Å². The highest BCUT2D eigenvalue weighted by molar-refractivity contribution is 5.69.